The Kier molecular flexibility index (Phi) is 5.08. The Labute approximate surface area is 103 Å². The molecule has 2 heteroatoms. The van der Waals surface area contributed by atoms with Crippen molar-refractivity contribution in [2.24, 2.45) is 5.92 Å². The molecule has 0 aliphatic rings. The zero-order valence-electron chi connectivity index (χ0n) is 10.8. The predicted octanol–water partition coefficient (Wildman–Crippen LogP) is 3.44. The van der Waals surface area contributed by atoms with Gasteiger partial charge in [-0.2, -0.15) is 0 Å². The summed E-state index contributed by atoms with van der Waals surface area (Å²) in [5, 5.41) is 0. The van der Waals surface area contributed by atoms with E-state index in [0.29, 0.717) is 18.6 Å². The van der Waals surface area contributed by atoms with Crippen molar-refractivity contribution in [2.45, 2.75) is 40.0 Å². The molecule has 0 aliphatic heterocycles. The maximum Gasteiger partial charge on any atom is 0.162 e. The topological polar surface area (TPSA) is 34.1 Å². The van der Waals surface area contributed by atoms with E-state index in [1.54, 1.807) is 0 Å². The van der Waals surface area contributed by atoms with Gasteiger partial charge >= 0.3 is 0 Å². The molecular weight excluding hydrogens is 212 g/mol. The summed E-state index contributed by atoms with van der Waals surface area (Å²) in [5.74, 6) is 0.560. The SMILES string of the molecule is CCC(=O)c1ccc(CCC(=O)C(C)C)cc1. The van der Waals surface area contributed by atoms with Gasteiger partial charge in [-0.3, -0.25) is 9.59 Å². The molecule has 0 aliphatic carbocycles. The quantitative estimate of drug-likeness (QED) is 0.704. The molecule has 0 N–H and O–H groups in total. The fourth-order valence-corrected chi connectivity index (χ4v) is 1.62. The van der Waals surface area contributed by atoms with E-state index >= 15 is 0 Å². The van der Waals surface area contributed by atoms with Gasteiger partial charge in [-0.05, 0) is 12.0 Å². The molecule has 0 radical (unpaired) electrons. The molecule has 1 rings (SSSR count). The fourth-order valence-electron chi connectivity index (χ4n) is 1.62. The molecule has 0 aromatic heterocycles. The van der Waals surface area contributed by atoms with Crippen molar-refractivity contribution >= 4 is 11.6 Å². The lowest BCUT2D eigenvalue weighted by atomic mass is 9.99. The van der Waals surface area contributed by atoms with Crippen LogP contribution in [-0.4, -0.2) is 11.6 Å². The van der Waals surface area contributed by atoms with Gasteiger partial charge in [0.25, 0.3) is 0 Å². The Balaban J connectivity index is 2.57. The molecule has 0 fully saturated rings. The molecule has 2 nitrogen and oxygen atoms in total. The highest BCUT2D eigenvalue weighted by molar-refractivity contribution is 5.95. The van der Waals surface area contributed by atoms with Crippen molar-refractivity contribution in [1.29, 1.82) is 0 Å². The van der Waals surface area contributed by atoms with Crippen LogP contribution in [0.2, 0.25) is 0 Å². The van der Waals surface area contributed by atoms with Crippen molar-refractivity contribution in [3.8, 4) is 0 Å². The molecule has 0 heterocycles. The summed E-state index contributed by atoms with van der Waals surface area (Å²) in [4.78, 5) is 22.9. The van der Waals surface area contributed by atoms with Gasteiger partial charge in [-0.1, -0.05) is 45.0 Å². The normalized spacial score (nSPS) is 10.6. The Morgan fingerprint density at radius 1 is 1.12 bits per heavy atom. The highest BCUT2D eigenvalue weighted by atomic mass is 16.1. The first-order valence-electron chi connectivity index (χ1n) is 6.19. The van der Waals surface area contributed by atoms with Crippen LogP contribution in [0.25, 0.3) is 0 Å². The van der Waals surface area contributed by atoms with E-state index in [1.807, 2.05) is 45.0 Å². The number of carbonyl (C=O) groups is 2. The molecule has 92 valence electrons. The number of Topliss-reactive ketones (excluding diaryl/α,β-unsaturated/α-hetero) is 2. The van der Waals surface area contributed by atoms with Crippen LogP contribution in [0.1, 0.15) is 49.5 Å². The zero-order valence-corrected chi connectivity index (χ0v) is 10.8. The molecule has 0 saturated carbocycles. The molecule has 0 unspecified atom stereocenters. The Morgan fingerprint density at radius 2 is 1.71 bits per heavy atom. The Morgan fingerprint density at radius 3 is 2.18 bits per heavy atom. The third-order valence-corrected chi connectivity index (χ3v) is 2.90. The molecule has 1 aromatic carbocycles. The van der Waals surface area contributed by atoms with E-state index in [4.69, 9.17) is 0 Å². The summed E-state index contributed by atoms with van der Waals surface area (Å²) in [6.07, 6.45) is 1.88. The summed E-state index contributed by atoms with van der Waals surface area (Å²) in [6, 6.07) is 7.58. The number of hydrogen-bond acceptors (Lipinski definition) is 2. The van der Waals surface area contributed by atoms with Gasteiger partial charge in [-0.25, -0.2) is 0 Å². The van der Waals surface area contributed by atoms with Crippen LogP contribution < -0.4 is 0 Å². The summed E-state index contributed by atoms with van der Waals surface area (Å²) >= 11 is 0. The zero-order chi connectivity index (χ0) is 12.8. The van der Waals surface area contributed by atoms with Gasteiger partial charge in [0.05, 0.1) is 0 Å². The standard InChI is InChI=1S/C15H20O2/c1-4-14(16)13-8-5-12(6-9-13)7-10-15(17)11(2)3/h5-6,8-9,11H,4,7,10H2,1-3H3. The van der Waals surface area contributed by atoms with E-state index in [2.05, 4.69) is 0 Å². The highest BCUT2D eigenvalue weighted by Gasteiger charge is 2.07. The number of rotatable bonds is 6. The third kappa shape index (κ3) is 4.14. The van der Waals surface area contributed by atoms with Crippen molar-refractivity contribution in [3.05, 3.63) is 35.4 Å². The summed E-state index contributed by atoms with van der Waals surface area (Å²) in [6.45, 7) is 5.70. The number of carbonyl (C=O) groups excluding carboxylic acids is 2. The average Bonchev–Trinajstić information content (AvgIpc) is 2.35. The van der Waals surface area contributed by atoms with Crippen LogP contribution in [0.3, 0.4) is 0 Å². The van der Waals surface area contributed by atoms with E-state index in [1.165, 1.54) is 0 Å². The summed E-state index contributed by atoms with van der Waals surface area (Å²) in [7, 11) is 0. The molecule has 0 bridgehead atoms. The monoisotopic (exact) mass is 232 g/mol. The van der Waals surface area contributed by atoms with E-state index in [0.717, 1.165) is 17.5 Å². The first-order chi connectivity index (χ1) is 8.04. The van der Waals surface area contributed by atoms with Crippen molar-refractivity contribution in [1.82, 2.24) is 0 Å². The highest BCUT2D eigenvalue weighted by Crippen LogP contribution is 2.10. The van der Waals surface area contributed by atoms with E-state index in [-0.39, 0.29) is 11.7 Å². The van der Waals surface area contributed by atoms with Crippen molar-refractivity contribution in [3.63, 3.8) is 0 Å². The van der Waals surface area contributed by atoms with Gasteiger partial charge in [0, 0.05) is 24.3 Å². The third-order valence-electron chi connectivity index (χ3n) is 2.90. The Hall–Kier alpha value is -1.44. The fraction of sp³-hybridized carbons (Fsp3) is 0.467. The van der Waals surface area contributed by atoms with E-state index in [9.17, 15) is 9.59 Å². The minimum absolute atomic E-state index is 0.107. The second kappa shape index (κ2) is 6.33. The van der Waals surface area contributed by atoms with Crippen LogP contribution in [0.5, 0.6) is 0 Å². The second-order valence-electron chi connectivity index (χ2n) is 4.59. The first kappa shape index (κ1) is 13.6. The van der Waals surface area contributed by atoms with E-state index < -0.39 is 0 Å². The van der Waals surface area contributed by atoms with Gasteiger partial charge < -0.3 is 0 Å². The lowest BCUT2D eigenvalue weighted by molar-refractivity contribution is -0.121. The van der Waals surface area contributed by atoms with Crippen LogP contribution in [0.4, 0.5) is 0 Å². The van der Waals surface area contributed by atoms with Gasteiger partial charge in [0.2, 0.25) is 0 Å². The van der Waals surface area contributed by atoms with Gasteiger partial charge in [-0.15, -0.1) is 0 Å². The lowest BCUT2D eigenvalue weighted by Crippen LogP contribution is -2.07. The van der Waals surface area contributed by atoms with Crippen molar-refractivity contribution in [2.75, 3.05) is 0 Å². The predicted molar refractivity (Wildman–Crippen MR) is 69.2 cm³/mol. The molecule has 0 amide bonds. The molecular formula is C15H20O2. The maximum atomic E-state index is 11.5. The first-order valence-corrected chi connectivity index (χ1v) is 6.19. The molecule has 17 heavy (non-hydrogen) atoms. The van der Waals surface area contributed by atoms with Crippen LogP contribution >= 0.6 is 0 Å². The largest absolute Gasteiger partial charge is 0.299 e. The van der Waals surface area contributed by atoms with Gasteiger partial charge in [0.15, 0.2) is 5.78 Å². The minimum Gasteiger partial charge on any atom is -0.299 e. The average molecular weight is 232 g/mol. The minimum atomic E-state index is 0.107. The van der Waals surface area contributed by atoms with Crippen molar-refractivity contribution < 1.29 is 9.59 Å². The maximum absolute atomic E-state index is 11.5. The number of hydrogen-bond donors (Lipinski definition) is 0. The van der Waals surface area contributed by atoms with Gasteiger partial charge in [0.1, 0.15) is 5.78 Å². The van der Waals surface area contributed by atoms with Crippen LogP contribution in [0.15, 0.2) is 24.3 Å². The molecule has 0 saturated heterocycles. The molecule has 1 aromatic rings. The lowest BCUT2D eigenvalue weighted by Gasteiger charge is -2.05. The smallest absolute Gasteiger partial charge is 0.162 e. The second-order valence-corrected chi connectivity index (χ2v) is 4.59. The summed E-state index contributed by atoms with van der Waals surface area (Å²) < 4.78 is 0. The summed E-state index contributed by atoms with van der Waals surface area (Å²) in [5.41, 5.74) is 1.87. The number of aryl methyl sites for hydroxylation is 1. The number of ketones is 2. The Bertz CT molecular complexity index is 388. The van der Waals surface area contributed by atoms with Crippen LogP contribution in [-0.2, 0) is 11.2 Å². The molecule has 0 spiro atoms. The van der Waals surface area contributed by atoms with Crippen LogP contribution in [0, 0.1) is 5.92 Å². The molecule has 0 atom stereocenters. The number of benzene rings is 1.